The molecule has 4 rings (SSSR count). The standard InChI is InChI=1S/C19H21ClFN5OS/c20-17-13(4-6-16-24-14-5-2-11(21)8-15(14)28-16)18(26-19(22)25-17)23-12-3-1-10(7-12)9-27/h2,5,8,10,12,27H,1,3-4,6-7,9H2,(H3,22,23,25,26). The number of aliphatic hydroxyl groups is 1. The van der Waals surface area contributed by atoms with Crippen molar-refractivity contribution in [2.24, 2.45) is 5.92 Å². The number of rotatable bonds is 6. The first-order valence-corrected chi connectivity index (χ1v) is 10.5. The van der Waals surface area contributed by atoms with Gasteiger partial charge >= 0.3 is 0 Å². The Labute approximate surface area is 171 Å². The summed E-state index contributed by atoms with van der Waals surface area (Å²) in [6, 6.07) is 4.83. The third-order valence-corrected chi connectivity index (χ3v) is 6.49. The molecule has 2 atom stereocenters. The molecule has 0 spiro atoms. The summed E-state index contributed by atoms with van der Waals surface area (Å²) in [6.07, 6.45) is 4.09. The summed E-state index contributed by atoms with van der Waals surface area (Å²) in [7, 11) is 0. The van der Waals surface area contributed by atoms with E-state index in [1.165, 1.54) is 23.5 Å². The number of fused-ring (bicyclic) bond motifs is 1. The molecule has 4 N–H and O–H groups in total. The van der Waals surface area contributed by atoms with Crippen molar-refractivity contribution in [3.63, 3.8) is 0 Å². The third kappa shape index (κ3) is 4.19. The highest BCUT2D eigenvalue weighted by atomic mass is 35.5. The fourth-order valence-corrected chi connectivity index (χ4v) is 4.93. The number of halogens is 2. The lowest BCUT2D eigenvalue weighted by atomic mass is 10.1. The molecule has 28 heavy (non-hydrogen) atoms. The Bertz CT molecular complexity index is 998. The molecule has 2 aromatic heterocycles. The van der Waals surface area contributed by atoms with Gasteiger partial charge in [0.25, 0.3) is 0 Å². The van der Waals surface area contributed by atoms with Crippen LogP contribution in [0.2, 0.25) is 5.15 Å². The number of nitrogens with two attached hydrogens (primary N) is 1. The summed E-state index contributed by atoms with van der Waals surface area (Å²) in [5, 5.41) is 14.0. The Morgan fingerprint density at radius 2 is 2.11 bits per heavy atom. The van der Waals surface area contributed by atoms with E-state index < -0.39 is 0 Å². The molecule has 0 radical (unpaired) electrons. The molecule has 9 heteroatoms. The third-order valence-electron chi connectivity index (χ3n) is 5.10. The zero-order valence-corrected chi connectivity index (χ0v) is 16.7. The normalized spacial score (nSPS) is 19.4. The number of nitrogens with one attached hydrogen (secondary N) is 1. The van der Waals surface area contributed by atoms with Crippen molar-refractivity contribution in [1.29, 1.82) is 0 Å². The van der Waals surface area contributed by atoms with E-state index >= 15 is 0 Å². The van der Waals surface area contributed by atoms with Gasteiger partial charge in [0.15, 0.2) is 0 Å². The van der Waals surface area contributed by atoms with Crippen molar-refractivity contribution >= 4 is 44.9 Å². The summed E-state index contributed by atoms with van der Waals surface area (Å²) >= 11 is 7.84. The van der Waals surface area contributed by atoms with E-state index in [0.717, 1.165) is 40.1 Å². The van der Waals surface area contributed by atoms with Crippen LogP contribution in [0, 0.1) is 11.7 Å². The van der Waals surface area contributed by atoms with Crippen LogP contribution in [0.15, 0.2) is 18.2 Å². The number of aliphatic hydroxyl groups excluding tert-OH is 1. The number of hydrogen-bond acceptors (Lipinski definition) is 7. The van der Waals surface area contributed by atoms with Crippen LogP contribution in [0.4, 0.5) is 16.2 Å². The summed E-state index contributed by atoms with van der Waals surface area (Å²) in [4.78, 5) is 13.0. The Kier molecular flexibility index (Phi) is 5.61. The summed E-state index contributed by atoms with van der Waals surface area (Å²) in [5.74, 6) is 0.831. The lowest BCUT2D eigenvalue weighted by molar-refractivity contribution is 0.229. The molecule has 3 aromatic rings. The van der Waals surface area contributed by atoms with Crippen LogP contribution in [-0.2, 0) is 12.8 Å². The zero-order chi connectivity index (χ0) is 19.7. The number of thiazole rings is 1. The Balaban J connectivity index is 1.52. The van der Waals surface area contributed by atoms with Gasteiger partial charge in [-0.1, -0.05) is 11.6 Å². The fourth-order valence-electron chi connectivity index (χ4n) is 3.66. The monoisotopic (exact) mass is 421 g/mol. The second-order valence-electron chi connectivity index (χ2n) is 7.12. The van der Waals surface area contributed by atoms with Gasteiger partial charge in [-0.15, -0.1) is 11.3 Å². The van der Waals surface area contributed by atoms with Crippen LogP contribution in [0.3, 0.4) is 0 Å². The maximum absolute atomic E-state index is 13.4. The van der Waals surface area contributed by atoms with Crippen molar-refractivity contribution in [2.75, 3.05) is 17.7 Å². The molecule has 2 heterocycles. The molecule has 0 bridgehead atoms. The van der Waals surface area contributed by atoms with Crippen LogP contribution >= 0.6 is 22.9 Å². The first-order valence-electron chi connectivity index (χ1n) is 9.26. The number of anilines is 2. The first kappa shape index (κ1) is 19.3. The van der Waals surface area contributed by atoms with Gasteiger partial charge < -0.3 is 16.2 Å². The number of aromatic nitrogens is 3. The fraction of sp³-hybridized carbons (Fsp3) is 0.421. The topological polar surface area (TPSA) is 97.0 Å². The van der Waals surface area contributed by atoms with Crippen molar-refractivity contribution in [3.8, 4) is 0 Å². The average Bonchev–Trinajstić information content (AvgIpc) is 3.26. The number of nitrogens with zero attached hydrogens (tertiary/aromatic N) is 3. The van der Waals surface area contributed by atoms with Gasteiger partial charge in [0.05, 0.1) is 15.2 Å². The largest absolute Gasteiger partial charge is 0.396 e. The summed E-state index contributed by atoms with van der Waals surface area (Å²) in [5.41, 5.74) is 7.39. The minimum atomic E-state index is -0.262. The van der Waals surface area contributed by atoms with Crippen LogP contribution in [0.5, 0.6) is 0 Å². The predicted molar refractivity (Wildman–Crippen MR) is 110 cm³/mol. The highest BCUT2D eigenvalue weighted by Gasteiger charge is 2.25. The molecule has 0 saturated heterocycles. The number of aryl methyl sites for hydroxylation is 1. The highest BCUT2D eigenvalue weighted by molar-refractivity contribution is 7.18. The quantitative estimate of drug-likeness (QED) is 0.523. The molecule has 1 saturated carbocycles. The Morgan fingerprint density at radius 1 is 1.25 bits per heavy atom. The van der Waals surface area contributed by atoms with E-state index in [9.17, 15) is 9.50 Å². The van der Waals surface area contributed by atoms with Gasteiger partial charge in [0.1, 0.15) is 16.8 Å². The van der Waals surface area contributed by atoms with Crippen molar-refractivity contribution < 1.29 is 9.50 Å². The van der Waals surface area contributed by atoms with Crippen LogP contribution in [0.25, 0.3) is 10.2 Å². The molecular weight excluding hydrogens is 401 g/mol. The lowest BCUT2D eigenvalue weighted by Gasteiger charge is -2.17. The van der Waals surface area contributed by atoms with Crippen LogP contribution < -0.4 is 11.1 Å². The summed E-state index contributed by atoms with van der Waals surface area (Å²) < 4.78 is 14.2. The van der Waals surface area contributed by atoms with E-state index in [1.807, 2.05) is 0 Å². The number of benzene rings is 1. The second-order valence-corrected chi connectivity index (χ2v) is 8.60. The molecular formula is C19H21ClFN5OS. The smallest absolute Gasteiger partial charge is 0.223 e. The Hall–Kier alpha value is -2.03. The SMILES string of the molecule is Nc1nc(Cl)c(CCc2nc3ccc(F)cc3s2)c(NC2CCC(CO)C2)n1. The first-order chi connectivity index (χ1) is 13.5. The van der Waals surface area contributed by atoms with Gasteiger partial charge in [-0.3, -0.25) is 0 Å². The Morgan fingerprint density at radius 3 is 2.89 bits per heavy atom. The van der Waals surface area contributed by atoms with Crippen LogP contribution in [0.1, 0.15) is 29.8 Å². The van der Waals surface area contributed by atoms with Crippen molar-refractivity contribution in [1.82, 2.24) is 15.0 Å². The van der Waals surface area contributed by atoms with Gasteiger partial charge in [-0.25, -0.2) is 14.4 Å². The molecule has 1 aliphatic carbocycles. The lowest BCUT2D eigenvalue weighted by Crippen LogP contribution is -2.19. The second kappa shape index (κ2) is 8.14. The molecule has 0 amide bonds. The van der Waals surface area contributed by atoms with Gasteiger partial charge in [0.2, 0.25) is 5.95 Å². The van der Waals surface area contributed by atoms with E-state index in [4.69, 9.17) is 17.3 Å². The molecule has 1 aromatic carbocycles. The molecule has 2 unspecified atom stereocenters. The highest BCUT2D eigenvalue weighted by Crippen LogP contribution is 2.31. The minimum absolute atomic E-state index is 0.128. The summed E-state index contributed by atoms with van der Waals surface area (Å²) in [6.45, 7) is 0.204. The molecule has 0 aliphatic heterocycles. The molecule has 6 nitrogen and oxygen atoms in total. The predicted octanol–water partition coefficient (Wildman–Crippen LogP) is 3.82. The molecule has 1 fully saturated rings. The maximum Gasteiger partial charge on any atom is 0.223 e. The number of nitrogen functional groups attached to an aromatic ring is 1. The minimum Gasteiger partial charge on any atom is -0.396 e. The average molecular weight is 422 g/mol. The van der Waals surface area contributed by atoms with E-state index in [1.54, 1.807) is 6.07 Å². The molecule has 1 aliphatic rings. The van der Waals surface area contributed by atoms with Crippen molar-refractivity contribution in [3.05, 3.63) is 39.7 Å². The van der Waals surface area contributed by atoms with Gasteiger partial charge in [-0.2, -0.15) is 4.98 Å². The maximum atomic E-state index is 13.4. The zero-order valence-electron chi connectivity index (χ0n) is 15.2. The van der Waals surface area contributed by atoms with Crippen molar-refractivity contribution in [2.45, 2.75) is 38.1 Å². The van der Waals surface area contributed by atoms with E-state index in [0.29, 0.717) is 29.7 Å². The van der Waals surface area contributed by atoms with Crippen LogP contribution in [-0.4, -0.2) is 32.7 Å². The van der Waals surface area contributed by atoms with E-state index in [2.05, 4.69) is 20.3 Å². The number of hydrogen-bond donors (Lipinski definition) is 3. The van der Waals surface area contributed by atoms with Gasteiger partial charge in [-0.05, 0) is 49.8 Å². The van der Waals surface area contributed by atoms with E-state index in [-0.39, 0.29) is 24.4 Å². The molecule has 148 valence electrons. The van der Waals surface area contributed by atoms with Gasteiger partial charge in [0, 0.05) is 24.6 Å².